The summed E-state index contributed by atoms with van der Waals surface area (Å²) < 4.78 is 40.8. The summed E-state index contributed by atoms with van der Waals surface area (Å²) in [7, 11) is 0. The van der Waals surface area contributed by atoms with E-state index in [-0.39, 0.29) is 0 Å². The average Bonchev–Trinajstić information content (AvgIpc) is 2.06. The molecule has 0 saturated heterocycles. The first-order chi connectivity index (χ1) is 7.91. The molecule has 0 aliphatic rings. The van der Waals surface area contributed by atoms with Gasteiger partial charge in [0.05, 0.1) is 12.3 Å². The molecule has 0 heterocycles. The number of ether oxygens (including phenoxy) is 1. The average molecular weight is 270 g/mol. The molecule has 0 aromatic rings. The Kier molecular flexibility index (Phi) is 5.63. The quantitative estimate of drug-likeness (QED) is 0.780. The zero-order valence-electron chi connectivity index (χ0n) is 10.5. The van der Waals surface area contributed by atoms with Crippen molar-refractivity contribution in [1.29, 1.82) is 0 Å². The Morgan fingerprint density at radius 1 is 1.22 bits per heavy atom. The molecule has 7 heteroatoms. The molecule has 18 heavy (non-hydrogen) atoms. The Morgan fingerprint density at radius 3 is 2.06 bits per heavy atom. The Labute approximate surface area is 103 Å². The molecule has 0 spiro atoms. The highest BCUT2D eigenvalue weighted by molar-refractivity contribution is 5.78. The van der Waals surface area contributed by atoms with Crippen molar-refractivity contribution >= 4 is 11.9 Å². The van der Waals surface area contributed by atoms with Gasteiger partial charge in [-0.1, -0.05) is 0 Å². The zero-order chi connectivity index (χ0) is 14.6. The summed E-state index contributed by atoms with van der Waals surface area (Å²) >= 11 is 0. The molecule has 0 bridgehead atoms. The number of alkyl halides is 3. The van der Waals surface area contributed by atoms with Gasteiger partial charge in [0, 0.05) is 6.42 Å². The SMILES string of the molecule is CC(C)(C)OC(=O)CC(CCC(F)(F)F)C(=O)O. The van der Waals surface area contributed by atoms with Crippen molar-refractivity contribution in [3.63, 3.8) is 0 Å². The van der Waals surface area contributed by atoms with E-state index in [2.05, 4.69) is 0 Å². The number of esters is 1. The van der Waals surface area contributed by atoms with Crippen molar-refractivity contribution in [3.8, 4) is 0 Å². The summed E-state index contributed by atoms with van der Waals surface area (Å²) in [5.41, 5.74) is -0.788. The van der Waals surface area contributed by atoms with Gasteiger partial charge in [0.2, 0.25) is 0 Å². The van der Waals surface area contributed by atoms with Gasteiger partial charge in [0.15, 0.2) is 0 Å². The topological polar surface area (TPSA) is 63.6 Å². The normalized spacial score (nSPS) is 14.1. The highest BCUT2D eigenvalue weighted by Crippen LogP contribution is 2.26. The maximum atomic E-state index is 12.0. The van der Waals surface area contributed by atoms with Crippen LogP contribution in [0.25, 0.3) is 0 Å². The van der Waals surface area contributed by atoms with E-state index in [9.17, 15) is 22.8 Å². The lowest BCUT2D eigenvalue weighted by molar-refractivity contribution is -0.162. The molecule has 0 aliphatic carbocycles. The Bertz CT molecular complexity index is 304. The predicted octanol–water partition coefficient (Wildman–Crippen LogP) is 2.76. The molecular formula is C11H17F3O4. The van der Waals surface area contributed by atoms with E-state index in [1.54, 1.807) is 20.8 Å². The van der Waals surface area contributed by atoms with Gasteiger partial charge in [0.25, 0.3) is 0 Å². The number of carbonyl (C=O) groups excluding carboxylic acids is 1. The monoisotopic (exact) mass is 270 g/mol. The third kappa shape index (κ3) is 8.83. The van der Waals surface area contributed by atoms with Gasteiger partial charge in [-0.2, -0.15) is 13.2 Å². The molecule has 106 valence electrons. The second-order valence-corrected chi connectivity index (χ2v) is 4.98. The molecule has 0 aliphatic heterocycles. The van der Waals surface area contributed by atoms with Crippen molar-refractivity contribution in [2.45, 2.75) is 51.8 Å². The molecule has 1 atom stereocenters. The van der Waals surface area contributed by atoms with Gasteiger partial charge in [0.1, 0.15) is 5.60 Å². The van der Waals surface area contributed by atoms with Crippen LogP contribution in [-0.4, -0.2) is 28.8 Å². The number of carbonyl (C=O) groups is 2. The Balaban J connectivity index is 4.37. The highest BCUT2D eigenvalue weighted by atomic mass is 19.4. The number of aliphatic carboxylic acids is 1. The number of hydrogen-bond acceptors (Lipinski definition) is 3. The molecular weight excluding hydrogens is 253 g/mol. The number of carboxylic acids is 1. The van der Waals surface area contributed by atoms with E-state index in [0.717, 1.165) is 0 Å². The molecule has 0 amide bonds. The molecule has 0 rings (SSSR count). The van der Waals surface area contributed by atoms with Gasteiger partial charge in [-0.3, -0.25) is 9.59 Å². The minimum atomic E-state index is -4.43. The van der Waals surface area contributed by atoms with Crippen LogP contribution in [0.5, 0.6) is 0 Å². The first-order valence-corrected chi connectivity index (χ1v) is 5.42. The third-order valence-corrected chi connectivity index (χ3v) is 1.96. The molecule has 0 fully saturated rings. The molecule has 1 unspecified atom stereocenters. The van der Waals surface area contributed by atoms with Gasteiger partial charge in [-0.15, -0.1) is 0 Å². The van der Waals surface area contributed by atoms with Crippen LogP contribution in [-0.2, 0) is 14.3 Å². The van der Waals surface area contributed by atoms with E-state index in [1.807, 2.05) is 0 Å². The maximum Gasteiger partial charge on any atom is 0.389 e. The molecule has 0 aromatic carbocycles. The minimum absolute atomic E-state index is 0.553. The van der Waals surface area contributed by atoms with E-state index in [1.165, 1.54) is 0 Å². The van der Waals surface area contributed by atoms with Crippen molar-refractivity contribution in [2.75, 3.05) is 0 Å². The fourth-order valence-corrected chi connectivity index (χ4v) is 1.24. The molecule has 4 nitrogen and oxygen atoms in total. The predicted molar refractivity (Wildman–Crippen MR) is 56.9 cm³/mol. The summed E-state index contributed by atoms with van der Waals surface area (Å²) in [6.07, 6.45) is -6.84. The molecule has 0 saturated carbocycles. The Hall–Kier alpha value is -1.27. The number of hydrogen-bond donors (Lipinski definition) is 1. The lowest BCUT2D eigenvalue weighted by Crippen LogP contribution is -2.28. The van der Waals surface area contributed by atoms with Gasteiger partial charge < -0.3 is 9.84 Å². The van der Waals surface area contributed by atoms with Crippen molar-refractivity contribution in [1.82, 2.24) is 0 Å². The largest absolute Gasteiger partial charge is 0.481 e. The summed E-state index contributed by atoms with van der Waals surface area (Å²) in [5, 5.41) is 8.74. The Morgan fingerprint density at radius 2 is 1.72 bits per heavy atom. The summed E-state index contributed by atoms with van der Waals surface area (Å²) in [4.78, 5) is 22.1. The van der Waals surface area contributed by atoms with E-state index in [0.29, 0.717) is 0 Å². The van der Waals surface area contributed by atoms with Crippen molar-refractivity contribution in [2.24, 2.45) is 5.92 Å². The van der Waals surface area contributed by atoms with Crippen LogP contribution in [0.2, 0.25) is 0 Å². The first-order valence-electron chi connectivity index (χ1n) is 5.42. The molecule has 0 radical (unpaired) electrons. The van der Waals surface area contributed by atoms with Gasteiger partial charge in [-0.05, 0) is 27.2 Å². The summed E-state index contributed by atoms with van der Waals surface area (Å²) in [6.45, 7) is 4.78. The third-order valence-electron chi connectivity index (χ3n) is 1.96. The second-order valence-electron chi connectivity index (χ2n) is 4.98. The fraction of sp³-hybridized carbons (Fsp3) is 0.818. The van der Waals surface area contributed by atoms with E-state index < -0.39 is 48.9 Å². The zero-order valence-corrected chi connectivity index (χ0v) is 10.5. The lowest BCUT2D eigenvalue weighted by atomic mass is 9.99. The van der Waals surface area contributed by atoms with Crippen LogP contribution in [0, 0.1) is 5.92 Å². The standard InChI is InChI=1S/C11H17F3O4/c1-10(2,3)18-8(15)6-7(9(16)17)4-5-11(12,13)14/h7H,4-6H2,1-3H3,(H,16,17). The van der Waals surface area contributed by atoms with Crippen LogP contribution in [0.4, 0.5) is 13.2 Å². The lowest BCUT2D eigenvalue weighted by Gasteiger charge is -2.21. The van der Waals surface area contributed by atoms with E-state index in [4.69, 9.17) is 9.84 Å². The highest BCUT2D eigenvalue weighted by Gasteiger charge is 2.32. The maximum absolute atomic E-state index is 12.0. The molecule has 1 N–H and O–H groups in total. The minimum Gasteiger partial charge on any atom is -0.481 e. The first kappa shape index (κ1) is 16.7. The molecule has 0 aromatic heterocycles. The van der Waals surface area contributed by atoms with Crippen LogP contribution in [0.3, 0.4) is 0 Å². The summed E-state index contributed by atoms with van der Waals surface area (Å²) in [6, 6.07) is 0. The number of carboxylic acid groups (broad SMARTS) is 1. The second kappa shape index (κ2) is 6.06. The number of rotatable bonds is 5. The van der Waals surface area contributed by atoms with Crippen molar-refractivity contribution in [3.05, 3.63) is 0 Å². The van der Waals surface area contributed by atoms with Gasteiger partial charge >= 0.3 is 18.1 Å². The van der Waals surface area contributed by atoms with Crippen LogP contribution < -0.4 is 0 Å². The van der Waals surface area contributed by atoms with Gasteiger partial charge in [-0.25, -0.2) is 0 Å². The van der Waals surface area contributed by atoms with E-state index >= 15 is 0 Å². The van der Waals surface area contributed by atoms with Crippen LogP contribution in [0.1, 0.15) is 40.0 Å². The van der Waals surface area contributed by atoms with Crippen LogP contribution >= 0.6 is 0 Å². The smallest absolute Gasteiger partial charge is 0.389 e. The van der Waals surface area contributed by atoms with Crippen molar-refractivity contribution < 1.29 is 32.6 Å². The summed E-state index contributed by atoms with van der Waals surface area (Å²) in [5.74, 6) is -3.61. The fourth-order valence-electron chi connectivity index (χ4n) is 1.24. The van der Waals surface area contributed by atoms with Crippen LogP contribution in [0.15, 0.2) is 0 Å². The number of halogens is 3.